The Morgan fingerprint density at radius 3 is 2.42 bits per heavy atom. The first-order valence-electron chi connectivity index (χ1n) is 4.10. The van der Waals surface area contributed by atoms with Crippen molar-refractivity contribution in [2.24, 2.45) is 17.3 Å². The molecule has 1 aliphatic carbocycles. The van der Waals surface area contributed by atoms with Crippen LogP contribution in [-0.2, 0) is 9.53 Å². The zero-order valence-electron chi connectivity index (χ0n) is 6.95. The maximum Gasteiger partial charge on any atom is 0.313 e. The molecular weight excluding hydrogens is 178 g/mol. The molecule has 4 heteroatoms. The monoisotopic (exact) mass is 189 g/mol. The summed E-state index contributed by atoms with van der Waals surface area (Å²) in [4.78, 5) is 13.7. The van der Waals surface area contributed by atoms with Crippen LogP contribution in [0.15, 0.2) is 0 Å². The average molecular weight is 190 g/mol. The second-order valence-electron chi connectivity index (χ2n) is 3.94. The van der Waals surface area contributed by atoms with Crippen LogP contribution >= 0.6 is 12.4 Å². The molecule has 4 aliphatic rings. The Hall–Kier alpha value is -0.280. The van der Waals surface area contributed by atoms with Crippen molar-refractivity contribution in [1.29, 1.82) is 0 Å². The maximum absolute atomic E-state index is 11.4. The molecular formula is C8H12ClNO2. The van der Waals surface area contributed by atoms with Gasteiger partial charge in [0.2, 0.25) is 0 Å². The Labute approximate surface area is 77.5 Å². The van der Waals surface area contributed by atoms with Gasteiger partial charge in [-0.1, -0.05) is 0 Å². The van der Waals surface area contributed by atoms with Gasteiger partial charge in [-0.2, -0.15) is 0 Å². The largest absolute Gasteiger partial charge is 0.469 e. The second kappa shape index (κ2) is 2.15. The Bertz CT molecular complexity index is 231. The summed E-state index contributed by atoms with van der Waals surface area (Å²) in [6, 6.07) is 0. The van der Waals surface area contributed by atoms with Gasteiger partial charge >= 0.3 is 5.97 Å². The summed E-state index contributed by atoms with van der Waals surface area (Å²) in [5.41, 5.74) is -0.0330. The van der Waals surface area contributed by atoms with Gasteiger partial charge in [-0.25, -0.2) is 0 Å². The lowest BCUT2D eigenvalue weighted by Gasteiger charge is -2.07. The van der Waals surface area contributed by atoms with Crippen LogP contribution in [0.25, 0.3) is 0 Å². The highest BCUT2D eigenvalue weighted by Crippen LogP contribution is 2.69. The topological polar surface area (TPSA) is 29.5 Å². The Morgan fingerprint density at radius 2 is 2.08 bits per heavy atom. The Balaban J connectivity index is 0.000000563. The molecule has 1 saturated carbocycles. The number of halogens is 1. The lowest BCUT2D eigenvalue weighted by Crippen LogP contribution is -2.22. The first-order chi connectivity index (χ1) is 5.29. The van der Waals surface area contributed by atoms with Crippen LogP contribution in [0, 0.1) is 17.3 Å². The quantitative estimate of drug-likeness (QED) is 0.550. The number of carbonyl (C=O) groups is 1. The first kappa shape index (κ1) is 8.32. The number of carbonyl (C=O) groups excluding carboxylic acids is 1. The normalized spacial score (nSPS) is 51.6. The van der Waals surface area contributed by atoms with E-state index in [0.29, 0.717) is 11.8 Å². The van der Waals surface area contributed by atoms with Crippen LogP contribution in [0.3, 0.4) is 0 Å². The molecule has 2 unspecified atom stereocenters. The van der Waals surface area contributed by atoms with E-state index >= 15 is 0 Å². The molecule has 12 heavy (non-hydrogen) atoms. The summed E-state index contributed by atoms with van der Waals surface area (Å²) in [6.07, 6.45) is 0. The summed E-state index contributed by atoms with van der Waals surface area (Å²) < 4.78 is 4.81. The highest BCUT2D eigenvalue weighted by Gasteiger charge is 2.78. The minimum absolute atomic E-state index is 0. The van der Waals surface area contributed by atoms with Crippen molar-refractivity contribution in [2.45, 2.75) is 0 Å². The van der Waals surface area contributed by atoms with Crippen LogP contribution in [0.4, 0.5) is 0 Å². The van der Waals surface area contributed by atoms with E-state index in [4.69, 9.17) is 4.74 Å². The van der Waals surface area contributed by atoms with Gasteiger partial charge in [0.1, 0.15) is 0 Å². The third-order valence-electron chi connectivity index (χ3n) is 3.66. The van der Waals surface area contributed by atoms with Gasteiger partial charge in [0.15, 0.2) is 0 Å². The zero-order valence-corrected chi connectivity index (χ0v) is 7.76. The highest BCUT2D eigenvalue weighted by molar-refractivity contribution is 5.85. The van der Waals surface area contributed by atoms with E-state index in [0.717, 1.165) is 19.6 Å². The third kappa shape index (κ3) is 0.613. The van der Waals surface area contributed by atoms with Crippen molar-refractivity contribution >= 4 is 18.4 Å². The molecule has 3 nitrogen and oxygen atoms in total. The van der Waals surface area contributed by atoms with Crippen molar-refractivity contribution in [3.05, 3.63) is 0 Å². The Morgan fingerprint density at radius 1 is 1.50 bits per heavy atom. The van der Waals surface area contributed by atoms with E-state index in [9.17, 15) is 4.79 Å². The predicted molar refractivity (Wildman–Crippen MR) is 45.1 cm³/mol. The fourth-order valence-electron chi connectivity index (χ4n) is 3.11. The molecule has 68 valence electrons. The van der Waals surface area contributed by atoms with E-state index in [1.54, 1.807) is 0 Å². The van der Waals surface area contributed by atoms with Crippen LogP contribution in [0.1, 0.15) is 0 Å². The number of ether oxygens (including phenoxy) is 1. The number of piperidine rings is 3. The predicted octanol–water partition coefficient (Wildman–Crippen LogP) is 0.143. The summed E-state index contributed by atoms with van der Waals surface area (Å²) in [6.45, 7) is 3.24. The number of hydrogen-bond donors (Lipinski definition) is 0. The fraction of sp³-hybridized carbons (Fsp3) is 0.875. The van der Waals surface area contributed by atoms with Crippen LogP contribution in [-0.4, -0.2) is 37.6 Å². The standard InChI is InChI=1S/C8H11NO2.ClH/c1-11-7(10)8-4-9-2-5(8)6(8)3-9;/h5-6H,2-4H2,1H3;1H. The summed E-state index contributed by atoms with van der Waals surface area (Å²) in [5, 5.41) is 0. The number of rotatable bonds is 1. The number of esters is 1. The van der Waals surface area contributed by atoms with Gasteiger partial charge in [0, 0.05) is 19.6 Å². The molecule has 0 spiro atoms. The molecule has 0 amide bonds. The van der Waals surface area contributed by atoms with E-state index in [1.165, 1.54) is 7.11 Å². The molecule has 4 fully saturated rings. The van der Waals surface area contributed by atoms with Crippen molar-refractivity contribution in [3.8, 4) is 0 Å². The van der Waals surface area contributed by atoms with E-state index in [-0.39, 0.29) is 23.8 Å². The van der Waals surface area contributed by atoms with Crippen LogP contribution in [0.2, 0.25) is 0 Å². The minimum Gasteiger partial charge on any atom is -0.469 e. The van der Waals surface area contributed by atoms with Gasteiger partial charge in [0.25, 0.3) is 0 Å². The number of nitrogens with zero attached hydrogens (tertiary/aromatic N) is 1. The second-order valence-corrected chi connectivity index (χ2v) is 3.94. The molecule has 0 aromatic heterocycles. The van der Waals surface area contributed by atoms with Gasteiger partial charge in [0.05, 0.1) is 12.5 Å². The molecule has 0 N–H and O–H groups in total. The molecule has 3 heterocycles. The molecule has 0 aromatic carbocycles. The lowest BCUT2D eigenvalue weighted by molar-refractivity contribution is -0.147. The summed E-state index contributed by atoms with van der Waals surface area (Å²) in [5.74, 6) is 1.33. The molecule has 3 aliphatic heterocycles. The van der Waals surface area contributed by atoms with E-state index in [1.807, 2.05) is 0 Å². The third-order valence-corrected chi connectivity index (χ3v) is 3.66. The maximum atomic E-state index is 11.4. The first-order valence-corrected chi connectivity index (χ1v) is 4.10. The van der Waals surface area contributed by atoms with Gasteiger partial charge in [-0.3, -0.25) is 4.79 Å². The summed E-state index contributed by atoms with van der Waals surface area (Å²) in [7, 11) is 1.50. The summed E-state index contributed by atoms with van der Waals surface area (Å²) >= 11 is 0. The Kier molecular flexibility index (Phi) is 1.49. The van der Waals surface area contributed by atoms with Crippen LogP contribution < -0.4 is 0 Å². The lowest BCUT2D eigenvalue weighted by atomic mass is 10.1. The van der Waals surface area contributed by atoms with Gasteiger partial charge < -0.3 is 9.64 Å². The average Bonchev–Trinajstić information content (AvgIpc) is 2.57. The van der Waals surface area contributed by atoms with Crippen LogP contribution in [0.5, 0.6) is 0 Å². The molecule has 3 saturated heterocycles. The van der Waals surface area contributed by atoms with Gasteiger partial charge in [-0.05, 0) is 11.8 Å². The molecule has 4 bridgehead atoms. The smallest absolute Gasteiger partial charge is 0.313 e. The van der Waals surface area contributed by atoms with Gasteiger partial charge in [-0.15, -0.1) is 12.4 Å². The number of methoxy groups -OCH3 is 1. The SMILES string of the molecule is COC(=O)C12CN3CC1C2C3.Cl. The van der Waals surface area contributed by atoms with Crippen molar-refractivity contribution in [3.63, 3.8) is 0 Å². The minimum atomic E-state index is -0.0330. The number of hydrogen-bond acceptors (Lipinski definition) is 3. The molecule has 4 rings (SSSR count). The van der Waals surface area contributed by atoms with E-state index in [2.05, 4.69) is 4.90 Å². The van der Waals surface area contributed by atoms with Crippen molar-refractivity contribution in [2.75, 3.05) is 26.7 Å². The van der Waals surface area contributed by atoms with E-state index < -0.39 is 0 Å². The fourth-order valence-corrected chi connectivity index (χ4v) is 3.11. The van der Waals surface area contributed by atoms with Crippen molar-refractivity contribution in [1.82, 2.24) is 4.90 Å². The zero-order chi connectivity index (χ0) is 7.64. The molecule has 0 radical (unpaired) electrons. The molecule has 2 atom stereocenters. The molecule has 0 aromatic rings. The highest BCUT2D eigenvalue weighted by atomic mass is 35.5. The van der Waals surface area contributed by atoms with Crippen molar-refractivity contribution < 1.29 is 9.53 Å².